The minimum absolute atomic E-state index is 0.182. The third-order valence-electron chi connectivity index (χ3n) is 4.12. The van der Waals surface area contributed by atoms with Crippen molar-refractivity contribution < 1.29 is 4.79 Å². The van der Waals surface area contributed by atoms with E-state index >= 15 is 0 Å². The fraction of sp³-hybridized carbons (Fsp3) is 0.450. The molecule has 22 heavy (non-hydrogen) atoms. The van der Waals surface area contributed by atoms with Crippen molar-refractivity contribution in [3.8, 4) is 0 Å². The molecule has 118 valence electrons. The van der Waals surface area contributed by atoms with Crippen LogP contribution in [0.4, 0.5) is 0 Å². The summed E-state index contributed by atoms with van der Waals surface area (Å²) in [7, 11) is 0. The summed E-state index contributed by atoms with van der Waals surface area (Å²) >= 11 is 0. The third kappa shape index (κ3) is 4.09. The Kier molecular flexibility index (Phi) is 6.45. The molecular weight excluding hydrogens is 270 g/mol. The van der Waals surface area contributed by atoms with Crippen LogP contribution in [0.25, 0.3) is 10.8 Å². The number of nitrogens with zero attached hydrogens (tertiary/aromatic N) is 1. The van der Waals surface area contributed by atoms with E-state index in [1.807, 2.05) is 35.2 Å². The third-order valence-corrected chi connectivity index (χ3v) is 4.12. The van der Waals surface area contributed by atoms with Crippen LogP contribution in [0.15, 0.2) is 42.5 Å². The van der Waals surface area contributed by atoms with Crippen LogP contribution in [0, 0.1) is 0 Å². The molecule has 0 aliphatic rings. The number of benzene rings is 2. The fourth-order valence-corrected chi connectivity index (χ4v) is 2.80. The molecule has 2 heteroatoms. The zero-order valence-electron chi connectivity index (χ0n) is 13.8. The van der Waals surface area contributed by atoms with Gasteiger partial charge in [0.2, 0.25) is 0 Å². The van der Waals surface area contributed by atoms with E-state index in [0.29, 0.717) is 0 Å². The van der Waals surface area contributed by atoms with Crippen molar-refractivity contribution in [3.63, 3.8) is 0 Å². The molecule has 2 nitrogen and oxygen atoms in total. The molecule has 0 heterocycles. The zero-order valence-corrected chi connectivity index (χ0v) is 13.8. The summed E-state index contributed by atoms with van der Waals surface area (Å²) in [5.74, 6) is 0.182. The second-order valence-corrected chi connectivity index (χ2v) is 5.88. The van der Waals surface area contributed by atoms with Crippen LogP contribution in [0.3, 0.4) is 0 Å². The van der Waals surface area contributed by atoms with Gasteiger partial charge in [0.05, 0.1) is 0 Å². The molecule has 2 aromatic rings. The predicted octanol–water partition coefficient (Wildman–Crippen LogP) is 5.27. The highest BCUT2D eigenvalue weighted by molar-refractivity contribution is 6.07. The Labute approximate surface area is 134 Å². The maximum Gasteiger partial charge on any atom is 0.254 e. The zero-order chi connectivity index (χ0) is 15.8. The van der Waals surface area contributed by atoms with Crippen molar-refractivity contribution in [2.24, 2.45) is 0 Å². The van der Waals surface area contributed by atoms with Crippen LogP contribution >= 0.6 is 0 Å². The van der Waals surface area contributed by atoms with Crippen LogP contribution in [0.2, 0.25) is 0 Å². The first-order valence-corrected chi connectivity index (χ1v) is 8.55. The van der Waals surface area contributed by atoms with Crippen molar-refractivity contribution >= 4 is 16.7 Å². The highest BCUT2D eigenvalue weighted by Crippen LogP contribution is 2.20. The van der Waals surface area contributed by atoms with Crippen LogP contribution in [0.1, 0.15) is 56.3 Å². The van der Waals surface area contributed by atoms with Gasteiger partial charge in [0.25, 0.3) is 5.91 Å². The van der Waals surface area contributed by atoms with Crippen molar-refractivity contribution in [1.82, 2.24) is 4.90 Å². The van der Waals surface area contributed by atoms with Gasteiger partial charge < -0.3 is 4.90 Å². The highest BCUT2D eigenvalue weighted by Gasteiger charge is 2.17. The average Bonchev–Trinajstić information content (AvgIpc) is 2.57. The molecule has 0 bridgehead atoms. The van der Waals surface area contributed by atoms with Crippen LogP contribution in [-0.4, -0.2) is 23.9 Å². The summed E-state index contributed by atoms with van der Waals surface area (Å²) < 4.78 is 0. The second kappa shape index (κ2) is 8.57. The Hall–Kier alpha value is -1.83. The molecule has 0 spiro atoms. The summed E-state index contributed by atoms with van der Waals surface area (Å²) in [6, 6.07) is 14.2. The van der Waals surface area contributed by atoms with Gasteiger partial charge in [0, 0.05) is 18.7 Å². The molecule has 2 aromatic carbocycles. The predicted molar refractivity (Wildman–Crippen MR) is 94.3 cm³/mol. The number of rotatable bonds is 8. The molecule has 0 aliphatic heterocycles. The molecule has 0 saturated heterocycles. The molecule has 0 saturated carbocycles. The normalized spacial score (nSPS) is 10.8. The smallest absolute Gasteiger partial charge is 0.254 e. The van der Waals surface area contributed by atoms with Crippen LogP contribution in [-0.2, 0) is 0 Å². The quantitative estimate of drug-likeness (QED) is 0.608. The van der Waals surface area contributed by atoms with E-state index in [-0.39, 0.29) is 5.91 Å². The number of hydrogen-bond acceptors (Lipinski definition) is 1. The number of carbonyl (C=O) groups is 1. The minimum atomic E-state index is 0.182. The van der Waals surface area contributed by atoms with Gasteiger partial charge in [-0.2, -0.15) is 0 Å². The van der Waals surface area contributed by atoms with Gasteiger partial charge in [-0.1, -0.05) is 69.5 Å². The number of fused-ring (bicyclic) bond motifs is 1. The largest absolute Gasteiger partial charge is 0.339 e. The van der Waals surface area contributed by atoms with E-state index in [0.717, 1.165) is 48.7 Å². The molecule has 0 radical (unpaired) electrons. The first-order chi connectivity index (χ1) is 10.8. The minimum Gasteiger partial charge on any atom is -0.339 e. The number of hydrogen-bond donors (Lipinski definition) is 0. The molecule has 0 fully saturated rings. The lowest BCUT2D eigenvalue weighted by Gasteiger charge is -2.23. The van der Waals surface area contributed by atoms with E-state index in [1.165, 1.54) is 12.8 Å². The van der Waals surface area contributed by atoms with Crippen LogP contribution in [0.5, 0.6) is 0 Å². The maximum atomic E-state index is 13.0. The molecule has 0 unspecified atom stereocenters. The molecule has 0 N–H and O–H groups in total. The maximum absolute atomic E-state index is 13.0. The van der Waals surface area contributed by atoms with Gasteiger partial charge in [0.1, 0.15) is 0 Å². The van der Waals surface area contributed by atoms with E-state index in [4.69, 9.17) is 0 Å². The van der Waals surface area contributed by atoms with Gasteiger partial charge in [-0.05, 0) is 29.7 Å². The first-order valence-electron chi connectivity index (χ1n) is 8.55. The first kappa shape index (κ1) is 16.5. The summed E-state index contributed by atoms with van der Waals surface area (Å²) in [5.41, 5.74) is 0.839. The van der Waals surface area contributed by atoms with E-state index in [2.05, 4.69) is 26.0 Å². The Morgan fingerprint density at radius 1 is 0.864 bits per heavy atom. The van der Waals surface area contributed by atoms with Gasteiger partial charge in [-0.3, -0.25) is 4.79 Å². The molecule has 2 rings (SSSR count). The van der Waals surface area contributed by atoms with Gasteiger partial charge in [-0.25, -0.2) is 0 Å². The van der Waals surface area contributed by atoms with E-state index in [1.54, 1.807) is 0 Å². The SMILES string of the molecule is CCCCCN(CCCC)C(=O)c1cccc2ccccc12. The lowest BCUT2D eigenvalue weighted by Crippen LogP contribution is -2.33. The Balaban J connectivity index is 2.23. The van der Waals surface area contributed by atoms with Crippen LogP contribution < -0.4 is 0 Å². The van der Waals surface area contributed by atoms with Crippen molar-refractivity contribution in [2.75, 3.05) is 13.1 Å². The summed E-state index contributed by atoms with van der Waals surface area (Å²) in [6.45, 7) is 6.10. The standard InChI is InChI=1S/C20H27NO/c1-3-5-9-16-21(15-6-4-2)20(22)19-14-10-12-17-11-7-8-13-18(17)19/h7-8,10-14H,3-6,9,15-16H2,1-2H3. The van der Waals surface area contributed by atoms with E-state index in [9.17, 15) is 4.79 Å². The lowest BCUT2D eigenvalue weighted by atomic mass is 10.0. The Bertz CT molecular complexity index is 600. The molecule has 0 aliphatic carbocycles. The van der Waals surface area contributed by atoms with Gasteiger partial charge in [0.15, 0.2) is 0 Å². The fourth-order valence-electron chi connectivity index (χ4n) is 2.80. The number of carbonyl (C=O) groups excluding carboxylic acids is 1. The lowest BCUT2D eigenvalue weighted by molar-refractivity contribution is 0.0752. The molecule has 1 amide bonds. The number of unbranched alkanes of at least 4 members (excludes halogenated alkanes) is 3. The number of amides is 1. The van der Waals surface area contributed by atoms with Gasteiger partial charge in [-0.15, -0.1) is 0 Å². The second-order valence-electron chi connectivity index (χ2n) is 5.88. The van der Waals surface area contributed by atoms with Crippen molar-refractivity contribution in [1.29, 1.82) is 0 Å². The topological polar surface area (TPSA) is 20.3 Å². The Morgan fingerprint density at radius 3 is 2.32 bits per heavy atom. The summed E-state index contributed by atoms with van der Waals surface area (Å²) in [5, 5.41) is 2.20. The monoisotopic (exact) mass is 297 g/mol. The molecular formula is C20H27NO. The summed E-state index contributed by atoms with van der Waals surface area (Å²) in [4.78, 5) is 15.0. The van der Waals surface area contributed by atoms with Crippen molar-refractivity contribution in [2.45, 2.75) is 46.0 Å². The van der Waals surface area contributed by atoms with Crippen molar-refractivity contribution in [3.05, 3.63) is 48.0 Å². The molecule has 0 aromatic heterocycles. The summed E-state index contributed by atoms with van der Waals surface area (Å²) in [6.07, 6.45) is 5.65. The average molecular weight is 297 g/mol. The Morgan fingerprint density at radius 2 is 1.55 bits per heavy atom. The van der Waals surface area contributed by atoms with E-state index < -0.39 is 0 Å². The molecule has 0 atom stereocenters. The van der Waals surface area contributed by atoms with Gasteiger partial charge >= 0.3 is 0 Å². The highest BCUT2D eigenvalue weighted by atomic mass is 16.2.